The van der Waals surface area contributed by atoms with Gasteiger partial charge in [0.25, 0.3) is 0 Å². The standard InChI is InChI=1S/C18H22FNO3/c1-2-9-22-14-16(21)12-20(13-17-7-5-10-23-17)11-15-6-3-4-8-18(15)19/h2-8,10,16,21H,1,9,11-14H2. The molecule has 2 aromatic rings. The fourth-order valence-corrected chi connectivity index (χ4v) is 2.31. The van der Waals surface area contributed by atoms with Crippen molar-refractivity contribution in [2.75, 3.05) is 19.8 Å². The first kappa shape index (κ1) is 17.4. The lowest BCUT2D eigenvalue weighted by atomic mass is 10.2. The average Bonchev–Trinajstić information content (AvgIpc) is 3.03. The maximum Gasteiger partial charge on any atom is 0.127 e. The summed E-state index contributed by atoms with van der Waals surface area (Å²) in [4.78, 5) is 1.93. The van der Waals surface area contributed by atoms with Crippen LogP contribution in [0.3, 0.4) is 0 Å². The molecule has 1 N–H and O–H groups in total. The summed E-state index contributed by atoms with van der Waals surface area (Å²) in [6.07, 6.45) is 2.56. The number of halogens is 1. The van der Waals surface area contributed by atoms with E-state index in [1.165, 1.54) is 6.07 Å². The van der Waals surface area contributed by atoms with Gasteiger partial charge in [-0.3, -0.25) is 4.90 Å². The highest BCUT2D eigenvalue weighted by molar-refractivity contribution is 5.17. The lowest BCUT2D eigenvalue weighted by molar-refractivity contribution is 0.0213. The van der Waals surface area contributed by atoms with Crippen molar-refractivity contribution < 1.29 is 18.7 Å². The van der Waals surface area contributed by atoms with E-state index < -0.39 is 6.10 Å². The van der Waals surface area contributed by atoms with Crippen LogP contribution < -0.4 is 0 Å². The van der Waals surface area contributed by atoms with Gasteiger partial charge in [-0.25, -0.2) is 4.39 Å². The van der Waals surface area contributed by atoms with Crippen molar-refractivity contribution in [2.24, 2.45) is 0 Å². The monoisotopic (exact) mass is 319 g/mol. The zero-order valence-corrected chi connectivity index (χ0v) is 13.0. The highest BCUT2D eigenvalue weighted by atomic mass is 19.1. The van der Waals surface area contributed by atoms with Crippen molar-refractivity contribution in [1.82, 2.24) is 4.90 Å². The van der Waals surface area contributed by atoms with Crippen molar-refractivity contribution in [2.45, 2.75) is 19.2 Å². The lowest BCUT2D eigenvalue weighted by Crippen LogP contribution is -2.34. The minimum absolute atomic E-state index is 0.206. The van der Waals surface area contributed by atoms with Crippen LogP contribution in [0.4, 0.5) is 4.39 Å². The number of ether oxygens (including phenoxy) is 1. The van der Waals surface area contributed by atoms with Crippen LogP contribution in [0.25, 0.3) is 0 Å². The van der Waals surface area contributed by atoms with Crippen molar-refractivity contribution in [3.05, 3.63) is 72.5 Å². The van der Waals surface area contributed by atoms with Gasteiger partial charge in [0.15, 0.2) is 0 Å². The fourth-order valence-electron chi connectivity index (χ4n) is 2.31. The Bertz CT molecular complexity index is 586. The summed E-state index contributed by atoms with van der Waals surface area (Å²) in [5.41, 5.74) is 0.582. The van der Waals surface area contributed by atoms with Crippen LogP contribution in [-0.4, -0.2) is 35.9 Å². The van der Waals surface area contributed by atoms with E-state index in [1.54, 1.807) is 36.6 Å². The van der Waals surface area contributed by atoms with Gasteiger partial charge in [0.2, 0.25) is 0 Å². The molecule has 1 unspecified atom stereocenters. The van der Waals surface area contributed by atoms with Crippen LogP contribution in [0.1, 0.15) is 11.3 Å². The summed E-state index contributed by atoms with van der Waals surface area (Å²) in [6.45, 7) is 5.38. The maximum atomic E-state index is 13.9. The van der Waals surface area contributed by atoms with Gasteiger partial charge in [0, 0.05) is 18.7 Å². The van der Waals surface area contributed by atoms with Crippen LogP contribution in [0.5, 0.6) is 0 Å². The van der Waals surface area contributed by atoms with Crippen LogP contribution >= 0.6 is 0 Å². The third-order valence-electron chi connectivity index (χ3n) is 3.33. The lowest BCUT2D eigenvalue weighted by Gasteiger charge is -2.24. The van der Waals surface area contributed by atoms with E-state index in [0.717, 1.165) is 5.76 Å². The van der Waals surface area contributed by atoms with Gasteiger partial charge in [-0.1, -0.05) is 24.3 Å². The molecule has 0 amide bonds. The number of hydrogen-bond donors (Lipinski definition) is 1. The van der Waals surface area contributed by atoms with Gasteiger partial charge >= 0.3 is 0 Å². The molecule has 0 fully saturated rings. The Morgan fingerprint density at radius 2 is 2.09 bits per heavy atom. The van der Waals surface area contributed by atoms with E-state index in [4.69, 9.17) is 9.15 Å². The largest absolute Gasteiger partial charge is 0.468 e. The highest BCUT2D eigenvalue weighted by Crippen LogP contribution is 2.14. The third-order valence-corrected chi connectivity index (χ3v) is 3.33. The second kappa shape index (κ2) is 9.25. The van der Waals surface area contributed by atoms with Crippen molar-refractivity contribution in [3.63, 3.8) is 0 Å². The SMILES string of the molecule is C=CCOCC(O)CN(Cc1ccco1)Cc1ccccc1F. The van der Waals surface area contributed by atoms with Crippen molar-refractivity contribution >= 4 is 0 Å². The predicted molar refractivity (Wildman–Crippen MR) is 86.2 cm³/mol. The first-order valence-corrected chi connectivity index (χ1v) is 7.54. The molecule has 0 radical (unpaired) electrons. The molecule has 0 aliphatic heterocycles. The summed E-state index contributed by atoms with van der Waals surface area (Å²) in [6, 6.07) is 10.3. The summed E-state index contributed by atoms with van der Waals surface area (Å²) in [5.74, 6) is 0.509. The summed E-state index contributed by atoms with van der Waals surface area (Å²) in [7, 11) is 0. The summed E-state index contributed by atoms with van der Waals surface area (Å²) < 4.78 is 24.5. The second-order valence-corrected chi connectivity index (χ2v) is 5.32. The van der Waals surface area contributed by atoms with E-state index >= 15 is 0 Å². The van der Waals surface area contributed by atoms with Gasteiger partial charge in [-0.15, -0.1) is 6.58 Å². The predicted octanol–water partition coefficient (Wildman–Crippen LogP) is 2.98. The number of nitrogens with zero attached hydrogens (tertiary/aromatic N) is 1. The van der Waals surface area contributed by atoms with E-state index in [-0.39, 0.29) is 12.4 Å². The van der Waals surface area contributed by atoms with Crippen LogP contribution in [0.2, 0.25) is 0 Å². The molecule has 0 aliphatic carbocycles. The average molecular weight is 319 g/mol. The molecule has 23 heavy (non-hydrogen) atoms. The molecule has 1 aromatic carbocycles. The van der Waals surface area contributed by atoms with Crippen molar-refractivity contribution in [3.8, 4) is 0 Å². The quantitative estimate of drug-likeness (QED) is 0.540. The fraction of sp³-hybridized carbons (Fsp3) is 0.333. The Kier molecular flexibility index (Phi) is 7.00. The molecule has 1 atom stereocenters. The van der Waals surface area contributed by atoms with Crippen LogP contribution in [0.15, 0.2) is 59.7 Å². The molecule has 0 saturated heterocycles. The van der Waals surface area contributed by atoms with Gasteiger partial charge in [0.05, 0.1) is 32.1 Å². The summed E-state index contributed by atoms with van der Waals surface area (Å²) >= 11 is 0. The van der Waals surface area contributed by atoms with Crippen molar-refractivity contribution in [1.29, 1.82) is 0 Å². The van der Waals surface area contributed by atoms with E-state index in [9.17, 15) is 9.50 Å². The Balaban J connectivity index is 1.99. The molecule has 5 heteroatoms. The van der Waals surface area contributed by atoms with Gasteiger partial charge in [0.1, 0.15) is 11.6 Å². The molecule has 2 rings (SSSR count). The maximum absolute atomic E-state index is 13.9. The Morgan fingerprint density at radius 1 is 1.26 bits per heavy atom. The molecule has 0 bridgehead atoms. The zero-order chi connectivity index (χ0) is 16.5. The minimum atomic E-state index is -0.670. The van der Waals surface area contributed by atoms with Gasteiger partial charge < -0.3 is 14.3 Å². The normalized spacial score (nSPS) is 12.5. The molecule has 1 heterocycles. The smallest absolute Gasteiger partial charge is 0.127 e. The first-order valence-electron chi connectivity index (χ1n) is 7.54. The highest BCUT2D eigenvalue weighted by Gasteiger charge is 2.15. The van der Waals surface area contributed by atoms with E-state index in [2.05, 4.69) is 6.58 Å². The number of aliphatic hydroxyl groups excluding tert-OH is 1. The number of aliphatic hydroxyl groups is 1. The topological polar surface area (TPSA) is 45.8 Å². The second-order valence-electron chi connectivity index (χ2n) is 5.32. The van der Waals surface area contributed by atoms with Gasteiger partial charge in [-0.05, 0) is 18.2 Å². The van der Waals surface area contributed by atoms with E-state index in [1.807, 2.05) is 11.0 Å². The molecular weight excluding hydrogens is 297 g/mol. The molecule has 0 aliphatic rings. The Hall–Kier alpha value is -1.95. The molecule has 0 saturated carbocycles. The third kappa shape index (κ3) is 5.98. The molecule has 124 valence electrons. The molecule has 4 nitrogen and oxygen atoms in total. The number of benzene rings is 1. The Morgan fingerprint density at radius 3 is 2.78 bits per heavy atom. The van der Waals surface area contributed by atoms with Crippen LogP contribution in [0, 0.1) is 5.82 Å². The number of hydrogen-bond acceptors (Lipinski definition) is 4. The zero-order valence-electron chi connectivity index (χ0n) is 13.0. The van der Waals surface area contributed by atoms with Gasteiger partial charge in [-0.2, -0.15) is 0 Å². The van der Waals surface area contributed by atoms with E-state index in [0.29, 0.717) is 31.8 Å². The Labute approximate surface area is 135 Å². The number of rotatable bonds is 10. The minimum Gasteiger partial charge on any atom is -0.468 e. The first-order chi connectivity index (χ1) is 11.2. The molecule has 1 aromatic heterocycles. The molecular formula is C18H22FNO3. The molecule has 0 spiro atoms. The number of furan rings is 1. The summed E-state index contributed by atoms with van der Waals surface area (Å²) in [5, 5.41) is 10.1. The van der Waals surface area contributed by atoms with Crippen LogP contribution in [-0.2, 0) is 17.8 Å².